The molecule has 1 aliphatic carbocycles. The molecule has 7 nitrogen and oxygen atoms in total. The highest BCUT2D eigenvalue weighted by molar-refractivity contribution is 6.10. The molecule has 1 saturated carbocycles. The molecule has 1 aliphatic heterocycles. The van der Waals surface area contributed by atoms with E-state index in [0.29, 0.717) is 12.2 Å². The number of rotatable bonds is 7. The molecule has 0 spiro atoms. The molecule has 0 atom stereocenters. The second-order valence-corrected chi connectivity index (χ2v) is 12.8. The summed E-state index contributed by atoms with van der Waals surface area (Å²) < 4.78 is 2.15. The number of nitrogens with zero attached hydrogens (tertiary/aromatic N) is 2. The molecule has 0 unspecified atom stereocenters. The number of hydrogen-bond donors (Lipinski definition) is 3. The van der Waals surface area contributed by atoms with Crippen LogP contribution in [0.25, 0.3) is 22.0 Å². The quantitative estimate of drug-likeness (QED) is 0.307. The second-order valence-electron chi connectivity index (χ2n) is 12.8. The van der Waals surface area contributed by atoms with E-state index in [9.17, 15) is 14.7 Å². The van der Waals surface area contributed by atoms with Gasteiger partial charge in [-0.1, -0.05) is 61.9 Å². The van der Waals surface area contributed by atoms with Crippen LogP contribution in [0.1, 0.15) is 86.5 Å². The van der Waals surface area contributed by atoms with Crippen LogP contribution in [0, 0.1) is 19.8 Å². The number of aromatic nitrogens is 1. The van der Waals surface area contributed by atoms with E-state index in [-0.39, 0.29) is 12.3 Å². The number of aryl methyl sites for hydroxylation is 1. The zero-order valence-corrected chi connectivity index (χ0v) is 25.6. The highest BCUT2D eigenvalue weighted by Crippen LogP contribution is 2.44. The minimum Gasteiger partial charge on any atom is -0.481 e. The lowest BCUT2D eigenvalue weighted by Crippen LogP contribution is -2.33. The van der Waals surface area contributed by atoms with E-state index in [4.69, 9.17) is 5.11 Å². The van der Waals surface area contributed by atoms with Crippen LogP contribution < -0.4 is 10.2 Å². The van der Waals surface area contributed by atoms with Crippen LogP contribution in [-0.4, -0.2) is 52.4 Å². The van der Waals surface area contributed by atoms with Crippen molar-refractivity contribution in [3.8, 4) is 11.1 Å². The smallest absolute Gasteiger partial charge is 0.307 e. The number of carbonyl (C=O) groups excluding carboxylic acids is 1. The summed E-state index contributed by atoms with van der Waals surface area (Å²) in [4.78, 5) is 27.6. The van der Waals surface area contributed by atoms with E-state index in [0.717, 1.165) is 69.8 Å². The first kappa shape index (κ1) is 30.6. The summed E-state index contributed by atoms with van der Waals surface area (Å²) in [5.41, 5.74) is 7.10. The highest BCUT2D eigenvalue weighted by atomic mass is 16.4. The maximum Gasteiger partial charge on any atom is 0.307 e. The monoisotopic (exact) mass is 561 g/mol. The summed E-state index contributed by atoms with van der Waals surface area (Å²) >= 11 is 0. The number of aliphatic carboxylic acids is 1. The molecular formula is C34H47N3O4. The van der Waals surface area contributed by atoms with Crippen molar-refractivity contribution in [2.75, 3.05) is 25.0 Å². The third-order valence-electron chi connectivity index (χ3n) is 8.20. The van der Waals surface area contributed by atoms with Gasteiger partial charge < -0.3 is 25.0 Å². The molecule has 7 heteroatoms. The average Bonchev–Trinajstić information content (AvgIpc) is 3.27. The Bertz CT molecular complexity index is 1390. The molecule has 222 valence electrons. The van der Waals surface area contributed by atoms with E-state index < -0.39 is 11.6 Å². The summed E-state index contributed by atoms with van der Waals surface area (Å²) in [6, 6.07) is 10.2. The minimum atomic E-state index is -0.850. The van der Waals surface area contributed by atoms with Crippen molar-refractivity contribution in [1.29, 1.82) is 0 Å². The number of nitrogens with one attached hydrogen (secondary N) is 1. The molecule has 3 aromatic rings. The number of anilines is 1. The van der Waals surface area contributed by atoms with E-state index in [2.05, 4.69) is 46.1 Å². The number of carboxylic acids is 1. The molecule has 0 radical (unpaired) electrons. The van der Waals surface area contributed by atoms with Crippen LogP contribution in [0.3, 0.4) is 0 Å². The summed E-state index contributed by atoms with van der Waals surface area (Å²) in [5, 5.41) is 22.5. The number of carboxylic acid groups (broad SMARTS) is 1. The van der Waals surface area contributed by atoms with E-state index >= 15 is 0 Å². The SMILES string of the molecule is CC(C)(C)O.Cc1ccc(-c2c(CC(=O)O)c(C)c3c4c2cc(C(=O)NCCC2CCCCC2)n4CCN3C)cc1. The van der Waals surface area contributed by atoms with Gasteiger partial charge in [-0.2, -0.15) is 0 Å². The number of amides is 1. The fourth-order valence-corrected chi connectivity index (χ4v) is 6.29. The van der Waals surface area contributed by atoms with Crippen molar-refractivity contribution in [3.63, 3.8) is 0 Å². The summed E-state index contributed by atoms with van der Waals surface area (Å²) in [7, 11) is 2.05. The molecule has 41 heavy (non-hydrogen) atoms. The Kier molecular flexibility index (Phi) is 9.48. The van der Waals surface area contributed by atoms with Crippen molar-refractivity contribution in [2.24, 2.45) is 5.92 Å². The summed E-state index contributed by atoms with van der Waals surface area (Å²) in [5.74, 6) is -0.167. The predicted octanol–water partition coefficient (Wildman–Crippen LogP) is 6.48. The van der Waals surface area contributed by atoms with Gasteiger partial charge in [-0.3, -0.25) is 9.59 Å². The van der Waals surface area contributed by atoms with Crippen LogP contribution in [0.5, 0.6) is 0 Å². The van der Waals surface area contributed by atoms with Gasteiger partial charge in [0.15, 0.2) is 0 Å². The van der Waals surface area contributed by atoms with E-state index in [1.54, 1.807) is 20.8 Å². The topological polar surface area (TPSA) is 94.8 Å². The maximum atomic E-state index is 13.5. The van der Waals surface area contributed by atoms with Gasteiger partial charge in [0.25, 0.3) is 5.91 Å². The third kappa shape index (κ3) is 7.31. The number of hydrogen-bond acceptors (Lipinski definition) is 4. The lowest BCUT2D eigenvalue weighted by Gasteiger charge is -2.31. The fourth-order valence-electron chi connectivity index (χ4n) is 6.29. The lowest BCUT2D eigenvalue weighted by molar-refractivity contribution is -0.136. The molecule has 3 N–H and O–H groups in total. The van der Waals surface area contributed by atoms with Crippen molar-refractivity contribution < 1.29 is 19.8 Å². The number of benzene rings is 2. The Balaban J connectivity index is 0.000000714. The van der Waals surface area contributed by atoms with Crippen molar-refractivity contribution in [2.45, 2.75) is 91.7 Å². The summed E-state index contributed by atoms with van der Waals surface area (Å²) in [6.07, 6.45) is 7.49. The fraction of sp³-hybridized carbons (Fsp3) is 0.529. The number of aliphatic hydroxyl groups is 1. The first-order chi connectivity index (χ1) is 19.3. The van der Waals surface area contributed by atoms with Gasteiger partial charge in [-0.25, -0.2) is 0 Å². The Morgan fingerprint density at radius 1 is 1.02 bits per heavy atom. The normalized spacial score (nSPS) is 15.4. The molecule has 1 fully saturated rings. The zero-order valence-electron chi connectivity index (χ0n) is 25.6. The minimum absolute atomic E-state index is 0.0372. The maximum absolute atomic E-state index is 13.5. The third-order valence-corrected chi connectivity index (χ3v) is 8.20. The van der Waals surface area contributed by atoms with Crippen LogP contribution in [0.4, 0.5) is 5.69 Å². The molecular weight excluding hydrogens is 514 g/mol. The van der Waals surface area contributed by atoms with Gasteiger partial charge >= 0.3 is 5.97 Å². The van der Waals surface area contributed by atoms with Crippen LogP contribution >= 0.6 is 0 Å². The van der Waals surface area contributed by atoms with E-state index in [1.165, 1.54) is 32.1 Å². The standard InChI is InChI=1S/C30H37N3O3.C4H10O/c1-19-9-11-22(12-10-19)27-23(18-26(34)35)20(2)28-29-24(27)17-25(33(29)16-15-32(28)3)30(36)31-14-13-21-7-5-4-6-8-21;1-4(2,3)5/h9-12,17,21H,4-8,13-16,18H2,1-3H3,(H,31,36)(H,34,35);5H,1-3H3. The van der Waals surface area contributed by atoms with Gasteiger partial charge in [-0.15, -0.1) is 0 Å². The Labute approximate surface area is 244 Å². The molecule has 2 aliphatic rings. The molecule has 0 bridgehead atoms. The van der Waals surface area contributed by atoms with Gasteiger partial charge in [-0.05, 0) is 75.3 Å². The molecule has 5 rings (SSSR count). The Morgan fingerprint density at radius 2 is 1.66 bits per heavy atom. The largest absolute Gasteiger partial charge is 0.481 e. The van der Waals surface area contributed by atoms with Gasteiger partial charge in [0, 0.05) is 32.1 Å². The van der Waals surface area contributed by atoms with Crippen molar-refractivity contribution >= 4 is 28.5 Å². The van der Waals surface area contributed by atoms with Gasteiger partial charge in [0.05, 0.1) is 23.2 Å². The van der Waals surface area contributed by atoms with Gasteiger partial charge in [0.1, 0.15) is 5.69 Å². The summed E-state index contributed by atoms with van der Waals surface area (Å²) in [6.45, 7) is 11.5. The van der Waals surface area contributed by atoms with E-state index in [1.807, 2.05) is 19.9 Å². The molecule has 1 amide bonds. The number of carbonyl (C=O) groups is 2. The first-order valence-corrected chi connectivity index (χ1v) is 15.0. The van der Waals surface area contributed by atoms with Crippen LogP contribution in [-0.2, 0) is 17.8 Å². The lowest BCUT2D eigenvalue weighted by atomic mass is 9.87. The highest BCUT2D eigenvalue weighted by Gasteiger charge is 2.29. The van der Waals surface area contributed by atoms with Crippen molar-refractivity contribution in [3.05, 3.63) is 52.7 Å². The first-order valence-electron chi connectivity index (χ1n) is 15.0. The van der Waals surface area contributed by atoms with Crippen LogP contribution in [0.15, 0.2) is 30.3 Å². The van der Waals surface area contributed by atoms with Crippen LogP contribution in [0.2, 0.25) is 0 Å². The average molecular weight is 562 g/mol. The molecule has 2 aromatic carbocycles. The molecule has 1 aromatic heterocycles. The Morgan fingerprint density at radius 3 is 2.27 bits per heavy atom. The van der Waals surface area contributed by atoms with Crippen molar-refractivity contribution in [1.82, 2.24) is 9.88 Å². The molecule has 0 saturated heterocycles. The molecule has 2 heterocycles. The zero-order chi connectivity index (χ0) is 29.9. The predicted molar refractivity (Wildman–Crippen MR) is 167 cm³/mol. The number of likely N-dealkylation sites (N-methyl/N-ethyl adjacent to an activating group) is 1. The second kappa shape index (κ2) is 12.7. The van der Waals surface area contributed by atoms with Gasteiger partial charge in [0.2, 0.25) is 0 Å². The Hall–Kier alpha value is -3.32.